The Balaban J connectivity index is 1.77. The third kappa shape index (κ3) is 4.06. The molecule has 12 heteroatoms. The molecule has 3 heterocycles. The maximum atomic E-state index is 13.4. The fourth-order valence-corrected chi connectivity index (χ4v) is 3.37. The molecule has 3 aromatic heterocycles. The molecule has 0 aromatic carbocycles. The number of carbonyl (C=O) groups excluding carboxylic acids is 1. The second-order valence-electron chi connectivity index (χ2n) is 7.33. The molecule has 1 fully saturated rings. The molecule has 1 aliphatic rings. The Kier molecular flexibility index (Phi) is 4.90. The van der Waals surface area contributed by atoms with Gasteiger partial charge in [0.05, 0.1) is 17.5 Å². The predicted molar refractivity (Wildman–Crippen MR) is 96.0 cm³/mol. The van der Waals surface area contributed by atoms with Gasteiger partial charge in [-0.25, -0.2) is 9.50 Å². The third-order valence-electron chi connectivity index (χ3n) is 5.03. The molecule has 4 rings (SSSR count). The van der Waals surface area contributed by atoms with Crippen LogP contribution in [0.2, 0.25) is 0 Å². The summed E-state index contributed by atoms with van der Waals surface area (Å²) in [7, 11) is 0. The van der Waals surface area contributed by atoms with Crippen LogP contribution in [0.4, 0.5) is 26.3 Å². The monoisotopic (exact) mass is 443 g/mol. The smallest absolute Gasteiger partial charge is 0.340 e. The highest BCUT2D eigenvalue weighted by Gasteiger charge is 2.50. The number of nitrogens with zero attached hydrogens (tertiary/aromatic N) is 4. The third-order valence-corrected chi connectivity index (χ3v) is 5.03. The number of carbonyl (C=O) groups is 1. The number of aryl methyl sites for hydroxylation is 1. The van der Waals surface area contributed by atoms with E-state index in [0.29, 0.717) is 18.5 Å². The van der Waals surface area contributed by atoms with Crippen molar-refractivity contribution in [3.8, 4) is 11.3 Å². The molecule has 0 unspecified atom stereocenters. The highest BCUT2D eigenvalue weighted by atomic mass is 19.4. The maximum Gasteiger partial charge on any atom is 0.417 e. The molecule has 1 saturated carbocycles. The standard InChI is InChI=1S/C19H15F6N5O/c1-9-6-14(11-7-26-5-4-13(11)18(20,21)22)28-16-12(8-27-30(9)16)17(31)29-15(10-2-3-10)19(23,24)25/h4-8,10,15H,2-3H2,1H3,(H,29,31)/t15-/m0/s1. The molecule has 0 spiro atoms. The Bertz CT molecular complexity index is 1150. The molecule has 164 valence electrons. The van der Waals surface area contributed by atoms with Crippen LogP contribution < -0.4 is 5.32 Å². The van der Waals surface area contributed by atoms with Gasteiger partial charge in [0.2, 0.25) is 0 Å². The first-order valence-electron chi connectivity index (χ1n) is 9.21. The topological polar surface area (TPSA) is 72.2 Å². The lowest BCUT2D eigenvalue weighted by atomic mass is 10.1. The Labute approximate surface area is 171 Å². The largest absolute Gasteiger partial charge is 0.417 e. The first kappa shape index (κ1) is 21.1. The van der Waals surface area contributed by atoms with Crippen molar-refractivity contribution in [2.24, 2.45) is 5.92 Å². The highest BCUT2D eigenvalue weighted by molar-refractivity contribution is 6.00. The van der Waals surface area contributed by atoms with Gasteiger partial charge in [0.25, 0.3) is 5.91 Å². The van der Waals surface area contributed by atoms with Gasteiger partial charge in [-0.1, -0.05) is 0 Å². The number of rotatable bonds is 4. The van der Waals surface area contributed by atoms with E-state index >= 15 is 0 Å². The van der Waals surface area contributed by atoms with E-state index in [0.717, 1.165) is 24.7 Å². The van der Waals surface area contributed by atoms with Crippen molar-refractivity contribution in [2.75, 3.05) is 0 Å². The van der Waals surface area contributed by atoms with Crippen LogP contribution in [0.25, 0.3) is 16.9 Å². The van der Waals surface area contributed by atoms with E-state index in [2.05, 4.69) is 15.1 Å². The van der Waals surface area contributed by atoms with Gasteiger partial charge in [0.15, 0.2) is 5.65 Å². The summed E-state index contributed by atoms with van der Waals surface area (Å²) in [5, 5.41) is 5.93. The number of fused-ring (bicyclic) bond motifs is 1. The quantitative estimate of drug-likeness (QED) is 0.614. The summed E-state index contributed by atoms with van der Waals surface area (Å²) < 4.78 is 81.2. The van der Waals surface area contributed by atoms with Crippen LogP contribution in [0.1, 0.15) is 34.5 Å². The average Bonchev–Trinajstić information content (AvgIpc) is 3.42. The number of pyridine rings is 1. The number of hydrogen-bond donors (Lipinski definition) is 1. The van der Waals surface area contributed by atoms with Crippen LogP contribution in [-0.4, -0.2) is 37.7 Å². The van der Waals surface area contributed by atoms with Gasteiger partial charge < -0.3 is 5.32 Å². The van der Waals surface area contributed by atoms with Gasteiger partial charge in [0, 0.05) is 23.7 Å². The Morgan fingerprint density at radius 2 is 1.90 bits per heavy atom. The van der Waals surface area contributed by atoms with Crippen molar-refractivity contribution < 1.29 is 31.1 Å². The maximum absolute atomic E-state index is 13.4. The van der Waals surface area contributed by atoms with Gasteiger partial charge in [-0.3, -0.25) is 9.78 Å². The van der Waals surface area contributed by atoms with Gasteiger partial charge in [0.1, 0.15) is 11.6 Å². The molecular weight excluding hydrogens is 428 g/mol. The van der Waals surface area contributed by atoms with Crippen LogP contribution in [0.15, 0.2) is 30.7 Å². The zero-order valence-electron chi connectivity index (χ0n) is 15.9. The van der Waals surface area contributed by atoms with Crippen molar-refractivity contribution >= 4 is 11.6 Å². The average molecular weight is 443 g/mol. The SMILES string of the molecule is Cc1cc(-c2cnccc2C(F)(F)F)nc2c(C(=O)N[C@@H](C3CC3)C(F)(F)F)cnn12. The molecule has 3 aromatic rings. The number of nitrogens with one attached hydrogen (secondary N) is 1. The van der Waals surface area contributed by atoms with Crippen molar-refractivity contribution in [3.05, 3.63) is 47.5 Å². The van der Waals surface area contributed by atoms with E-state index in [1.54, 1.807) is 0 Å². The Morgan fingerprint density at radius 3 is 2.52 bits per heavy atom. The lowest BCUT2D eigenvalue weighted by molar-refractivity contribution is -0.158. The molecule has 1 aliphatic carbocycles. The van der Waals surface area contributed by atoms with E-state index in [-0.39, 0.29) is 22.5 Å². The molecule has 0 radical (unpaired) electrons. The number of alkyl halides is 6. The van der Waals surface area contributed by atoms with E-state index < -0.39 is 35.8 Å². The zero-order valence-corrected chi connectivity index (χ0v) is 15.9. The van der Waals surface area contributed by atoms with Crippen molar-refractivity contribution in [1.82, 2.24) is 24.9 Å². The molecular formula is C19H15F6N5O. The second-order valence-corrected chi connectivity index (χ2v) is 7.33. The Hall–Kier alpha value is -3.18. The van der Waals surface area contributed by atoms with Gasteiger partial charge in [-0.15, -0.1) is 0 Å². The molecule has 0 saturated heterocycles. The summed E-state index contributed by atoms with van der Waals surface area (Å²) in [5.74, 6) is -1.74. The van der Waals surface area contributed by atoms with E-state index in [9.17, 15) is 31.1 Å². The first-order valence-corrected chi connectivity index (χ1v) is 9.21. The summed E-state index contributed by atoms with van der Waals surface area (Å²) in [5.41, 5.74) is -1.51. The van der Waals surface area contributed by atoms with E-state index in [4.69, 9.17) is 0 Å². The van der Waals surface area contributed by atoms with Crippen LogP contribution in [-0.2, 0) is 6.18 Å². The molecule has 1 amide bonds. The van der Waals surface area contributed by atoms with Gasteiger partial charge >= 0.3 is 12.4 Å². The fraction of sp³-hybridized carbons (Fsp3) is 0.368. The summed E-state index contributed by atoms with van der Waals surface area (Å²) in [4.78, 5) is 20.4. The van der Waals surface area contributed by atoms with Crippen molar-refractivity contribution in [3.63, 3.8) is 0 Å². The summed E-state index contributed by atoms with van der Waals surface area (Å²) in [6.07, 6.45) is -5.57. The first-order chi connectivity index (χ1) is 14.5. The number of hydrogen-bond acceptors (Lipinski definition) is 4. The molecule has 0 aliphatic heterocycles. The van der Waals surface area contributed by atoms with E-state index in [1.807, 2.05) is 5.32 Å². The lowest BCUT2D eigenvalue weighted by Gasteiger charge is -2.21. The second kappa shape index (κ2) is 7.20. The number of amides is 1. The minimum absolute atomic E-state index is 0.130. The van der Waals surface area contributed by atoms with Gasteiger partial charge in [-0.2, -0.15) is 31.4 Å². The van der Waals surface area contributed by atoms with Crippen molar-refractivity contribution in [1.29, 1.82) is 0 Å². The minimum atomic E-state index is -4.68. The fourth-order valence-electron chi connectivity index (χ4n) is 3.37. The van der Waals surface area contributed by atoms with Crippen LogP contribution in [0.3, 0.4) is 0 Å². The number of aromatic nitrogens is 4. The summed E-state index contributed by atoms with van der Waals surface area (Å²) in [6, 6.07) is 0.121. The minimum Gasteiger partial charge on any atom is -0.340 e. The van der Waals surface area contributed by atoms with Crippen LogP contribution in [0.5, 0.6) is 0 Å². The molecule has 0 bridgehead atoms. The molecule has 1 N–H and O–H groups in total. The lowest BCUT2D eigenvalue weighted by Crippen LogP contribution is -2.46. The number of halogens is 6. The van der Waals surface area contributed by atoms with Crippen molar-refractivity contribution in [2.45, 2.75) is 38.2 Å². The molecule has 6 nitrogen and oxygen atoms in total. The normalized spacial score (nSPS) is 15.8. The Morgan fingerprint density at radius 1 is 1.19 bits per heavy atom. The van der Waals surface area contributed by atoms with E-state index in [1.165, 1.54) is 17.5 Å². The zero-order chi connectivity index (χ0) is 22.6. The molecule has 31 heavy (non-hydrogen) atoms. The van der Waals surface area contributed by atoms with Gasteiger partial charge in [-0.05, 0) is 37.8 Å². The summed E-state index contributed by atoms with van der Waals surface area (Å²) >= 11 is 0. The summed E-state index contributed by atoms with van der Waals surface area (Å²) in [6.45, 7) is 1.53. The van der Waals surface area contributed by atoms with Crippen LogP contribution >= 0.6 is 0 Å². The highest BCUT2D eigenvalue weighted by Crippen LogP contribution is 2.40. The van der Waals surface area contributed by atoms with Crippen LogP contribution in [0, 0.1) is 12.8 Å². The predicted octanol–water partition coefficient (Wildman–Crippen LogP) is 4.19. The molecule has 1 atom stereocenters.